The fourth-order valence-corrected chi connectivity index (χ4v) is 3.03. The van der Waals surface area contributed by atoms with Crippen LogP contribution in [-0.2, 0) is 13.2 Å². The molecule has 0 saturated carbocycles. The summed E-state index contributed by atoms with van der Waals surface area (Å²) in [6, 6.07) is 6.68. The van der Waals surface area contributed by atoms with E-state index in [1.807, 2.05) is 11.9 Å². The fraction of sp³-hybridized carbons (Fsp3) is 0.200. The van der Waals surface area contributed by atoms with E-state index in [9.17, 15) is 22.4 Å². The second-order valence-corrected chi connectivity index (χ2v) is 6.66. The number of fused-ring (bicyclic) bond motifs is 1. The standard InChI is InChI=1S/C20H15F4N3O3/c1-26-4-5-27-18(26)9-17(25-20(27)28)29-10-11-2-3-16(13(21)6-11)30-12-7-14(22)19(24)15(23)8-12/h2-3,6-9H,4-5,10H2,1H3. The van der Waals surface area contributed by atoms with Crippen molar-refractivity contribution in [2.24, 2.45) is 0 Å². The van der Waals surface area contributed by atoms with Gasteiger partial charge in [0.1, 0.15) is 18.2 Å². The van der Waals surface area contributed by atoms with Crippen molar-refractivity contribution < 1.29 is 27.0 Å². The highest BCUT2D eigenvalue weighted by atomic mass is 19.2. The van der Waals surface area contributed by atoms with Gasteiger partial charge in [0.2, 0.25) is 5.88 Å². The van der Waals surface area contributed by atoms with Crippen molar-refractivity contribution in [2.45, 2.75) is 13.2 Å². The SMILES string of the molecule is CN1CCn2c1cc(OCc1ccc(Oc3cc(F)c(F)c(F)c3)c(F)c1)nc2=O. The van der Waals surface area contributed by atoms with Crippen molar-refractivity contribution in [1.29, 1.82) is 0 Å². The second-order valence-electron chi connectivity index (χ2n) is 6.66. The molecule has 0 N–H and O–H groups in total. The van der Waals surface area contributed by atoms with Gasteiger partial charge >= 0.3 is 5.69 Å². The highest BCUT2D eigenvalue weighted by molar-refractivity contribution is 5.44. The second kappa shape index (κ2) is 7.69. The molecule has 3 aromatic rings. The van der Waals surface area contributed by atoms with Crippen molar-refractivity contribution in [2.75, 3.05) is 18.5 Å². The zero-order valence-corrected chi connectivity index (χ0v) is 15.7. The van der Waals surface area contributed by atoms with Gasteiger partial charge in [-0.15, -0.1) is 0 Å². The Labute approximate surface area is 167 Å². The van der Waals surface area contributed by atoms with E-state index < -0.39 is 29.0 Å². The van der Waals surface area contributed by atoms with Gasteiger partial charge in [-0.2, -0.15) is 4.98 Å². The van der Waals surface area contributed by atoms with E-state index in [1.54, 1.807) is 6.07 Å². The van der Waals surface area contributed by atoms with Crippen molar-refractivity contribution in [3.05, 3.63) is 75.7 Å². The first-order chi connectivity index (χ1) is 14.3. The monoisotopic (exact) mass is 421 g/mol. The molecule has 0 fully saturated rings. The number of benzene rings is 2. The predicted molar refractivity (Wildman–Crippen MR) is 98.9 cm³/mol. The van der Waals surface area contributed by atoms with Gasteiger partial charge in [-0.25, -0.2) is 22.4 Å². The molecule has 0 spiro atoms. The summed E-state index contributed by atoms with van der Waals surface area (Å²) in [4.78, 5) is 17.8. The van der Waals surface area contributed by atoms with Crippen molar-refractivity contribution in [3.8, 4) is 17.4 Å². The first kappa shape index (κ1) is 19.7. The van der Waals surface area contributed by atoms with Gasteiger partial charge in [-0.3, -0.25) is 4.57 Å². The number of likely N-dealkylation sites (N-methyl/N-ethyl adjacent to an activating group) is 1. The maximum atomic E-state index is 14.3. The molecule has 2 heterocycles. The molecule has 0 atom stereocenters. The topological polar surface area (TPSA) is 56.6 Å². The van der Waals surface area contributed by atoms with Gasteiger partial charge in [0.05, 0.1) is 0 Å². The predicted octanol–water partition coefficient (Wildman–Crippen LogP) is 3.62. The molecule has 6 nitrogen and oxygen atoms in total. The van der Waals surface area contributed by atoms with E-state index in [4.69, 9.17) is 9.47 Å². The molecule has 1 aliphatic heterocycles. The molecular formula is C20H15F4N3O3. The normalized spacial score (nSPS) is 12.8. The third-order valence-corrected chi connectivity index (χ3v) is 4.58. The summed E-state index contributed by atoms with van der Waals surface area (Å²) in [6.07, 6.45) is 0. The maximum absolute atomic E-state index is 14.3. The molecule has 30 heavy (non-hydrogen) atoms. The smallest absolute Gasteiger partial charge is 0.352 e. The summed E-state index contributed by atoms with van der Waals surface area (Å²) in [5.41, 5.74) is -0.0207. The van der Waals surface area contributed by atoms with E-state index in [2.05, 4.69) is 4.98 Å². The Balaban J connectivity index is 1.47. The third-order valence-electron chi connectivity index (χ3n) is 4.58. The van der Waals surface area contributed by atoms with Crippen LogP contribution in [-0.4, -0.2) is 23.1 Å². The third kappa shape index (κ3) is 3.80. The lowest BCUT2D eigenvalue weighted by Gasteiger charge is -2.13. The van der Waals surface area contributed by atoms with Crippen LogP contribution < -0.4 is 20.1 Å². The summed E-state index contributed by atoms with van der Waals surface area (Å²) >= 11 is 0. The van der Waals surface area contributed by atoms with E-state index in [0.29, 0.717) is 36.6 Å². The van der Waals surface area contributed by atoms with Gasteiger partial charge in [0, 0.05) is 38.3 Å². The minimum absolute atomic E-state index is 0.0728. The van der Waals surface area contributed by atoms with Crippen LogP contribution in [0.25, 0.3) is 0 Å². The Hall–Kier alpha value is -3.56. The fourth-order valence-electron chi connectivity index (χ4n) is 3.03. The summed E-state index contributed by atoms with van der Waals surface area (Å²) in [7, 11) is 1.84. The quantitative estimate of drug-likeness (QED) is 0.465. The largest absolute Gasteiger partial charge is 0.473 e. The zero-order chi connectivity index (χ0) is 21.4. The van der Waals surface area contributed by atoms with Gasteiger partial charge < -0.3 is 14.4 Å². The van der Waals surface area contributed by atoms with E-state index >= 15 is 0 Å². The average molecular weight is 421 g/mol. The zero-order valence-electron chi connectivity index (χ0n) is 15.7. The molecule has 0 radical (unpaired) electrons. The number of nitrogens with zero attached hydrogens (tertiary/aromatic N) is 3. The summed E-state index contributed by atoms with van der Waals surface area (Å²) < 4.78 is 66.0. The number of halogens is 4. The van der Waals surface area contributed by atoms with Crippen molar-refractivity contribution >= 4 is 5.82 Å². The Morgan fingerprint density at radius 3 is 2.43 bits per heavy atom. The minimum Gasteiger partial charge on any atom is -0.473 e. The minimum atomic E-state index is -1.64. The van der Waals surface area contributed by atoms with Gasteiger partial charge in [-0.1, -0.05) is 6.07 Å². The van der Waals surface area contributed by atoms with Crippen molar-refractivity contribution in [1.82, 2.24) is 9.55 Å². The molecule has 156 valence electrons. The Morgan fingerprint density at radius 2 is 1.73 bits per heavy atom. The molecule has 1 aromatic heterocycles. The number of hydrogen-bond acceptors (Lipinski definition) is 5. The molecule has 0 amide bonds. The number of ether oxygens (including phenoxy) is 2. The number of hydrogen-bond donors (Lipinski definition) is 0. The van der Waals surface area contributed by atoms with Gasteiger partial charge in [0.25, 0.3) is 0 Å². The van der Waals surface area contributed by atoms with Gasteiger partial charge in [0.15, 0.2) is 29.0 Å². The Kier molecular flexibility index (Phi) is 5.06. The van der Waals surface area contributed by atoms with Crippen molar-refractivity contribution in [3.63, 3.8) is 0 Å². The Morgan fingerprint density at radius 1 is 1.00 bits per heavy atom. The van der Waals surface area contributed by atoms with Crippen LogP contribution >= 0.6 is 0 Å². The molecule has 0 bridgehead atoms. The maximum Gasteiger partial charge on any atom is 0.352 e. The molecule has 1 aliphatic rings. The lowest BCUT2D eigenvalue weighted by atomic mass is 10.2. The highest BCUT2D eigenvalue weighted by Gasteiger charge is 2.19. The Bertz CT molecular complexity index is 1160. The van der Waals surface area contributed by atoms with Crippen LogP contribution in [0.4, 0.5) is 23.4 Å². The van der Waals surface area contributed by atoms with Crippen LogP contribution in [0.5, 0.6) is 17.4 Å². The molecule has 0 unspecified atom stereocenters. The first-order valence-electron chi connectivity index (χ1n) is 8.88. The van der Waals surface area contributed by atoms with Crippen LogP contribution in [0.1, 0.15) is 5.56 Å². The van der Waals surface area contributed by atoms with Crippen LogP contribution in [0, 0.1) is 23.3 Å². The molecule has 0 saturated heterocycles. The number of rotatable bonds is 5. The van der Waals surface area contributed by atoms with Crippen LogP contribution in [0.15, 0.2) is 41.2 Å². The van der Waals surface area contributed by atoms with Crippen LogP contribution in [0.2, 0.25) is 0 Å². The molecule has 4 rings (SSSR count). The summed E-state index contributed by atoms with van der Waals surface area (Å²) in [5.74, 6) is -5.25. The van der Waals surface area contributed by atoms with E-state index in [0.717, 1.165) is 6.07 Å². The first-order valence-corrected chi connectivity index (χ1v) is 8.88. The van der Waals surface area contributed by atoms with E-state index in [-0.39, 0.29) is 24.0 Å². The summed E-state index contributed by atoms with van der Waals surface area (Å²) in [5, 5.41) is 0. The van der Waals surface area contributed by atoms with E-state index in [1.165, 1.54) is 16.7 Å². The lowest BCUT2D eigenvalue weighted by molar-refractivity contribution is 0.290. The molecule has 2 aromatic carbocycles. The lowest BCUT2D eigenvalue weighted by Crippen LogP contribution is -2.22. The molecule has 10 heteroatoms. The number of anilines is 1. The average Bonchev–Trinajstić information content (AvgIpc) is 3.08. The molecule has 0 aliphatic carbocycles. The summed E-state index contributed by atoms with van der Waals surface area (Å²) in [6.45, 7) is 1.16. The highest BCUT2D eigenvalue weighted by Crippen LogP contribution is 2.28. The van der Waals surface area contributed by atoms with Gasteiger partial charge in [-0.05, 0) is 17.7 Å². The van der Waals surface area contributed by atoms with Crippen LogP contribution in [0.3, 0.4) is 0 Å². The molecular weight excluding hydrogens is 406 g/mol. The number of aromatic nitrogens is 2.